The molecule has 164 valence electrons. The zero-order valence-electron chi connectivity index (χ0n) is 17.8. The number of methoxy groups -OCH3 is 2. The number of hydrogen-bond acceptors (Lipinski definition) is 6. The Bertz CT molecular complexity index is 964. The van der Waals surface area contributed by atoms with Gasteiger partial charge in [0.15, 0.2) is 0 Å². The third kappa shape index (κ3) is 4.81. The molecular formula is C23H27N3O5. The number of hydrogen-bond donors (Lipinski definition) is 1. The van der Waals surface area contributed by atoms with Crippen molar-refractivity contribution >= 4 is 17.5 Å². The van der Waals surface area contributed by atoms with Crippen LogP contribution in [0.25, 0.3) is 11.1 Å². The summed E-state index contributed by atoms with van der Waals surface area (Å²) < 4.78 is 16.4. The number of fused-ring (bicyclic) bond motifs is 2. The number of amides is 2. The zero-order valence-corrected chi connectivity index (χ0v) is 17.8. The minimum Gasteiger partial charge on any atom is -0.497 e. The molecule has 0 bridgehead atoms. The van der Waals surface area contributed by atoms with Crippen LogP contribution in [0.1, 0.15) is 0 Å². The van der Waals surface area contributed by atoms with Gasteiger partial charge in [-0.25, -0.2) is 0 Å². The van der Waals surface area contributed by atoms with Gasteiger partial charge in [0.1, 0.15) is 24.7 Å². The summed E-state index contributed by atoms with van der Waals surface area (Å²) in [5.41, 5.74) is 2.58. The Hall–Kier alpha value is -3.10. The number of ether oxygens (including phenoxy) is 3. The molecule has 2 aliphatic rings. The van der Waals surface area contributed by atoms with Crippen molar-refractivity contribution in [3.8, 4) is 22.6 Å². The van der Waals surface area contributed by atoms with Crippen LogP contribution >= 0.6 is 0 Å². The molecule has 1 saturated heterocycles. The van der Waals surface area contributed by atoms with E-state index in [1.807, 2.05) is 42.5 Å². The number of nitrogens with one attached hydrogen (secondary N) is 1. The molecular weight excluding hydrogens is 398 g/mol. The molecule has 31 heavy (non-hydrogen) atoms. The Labute approximate surface area is 181 Å². The SMILES string of the molecule is COCC(=O)N1CCN2CC(=O)Nc3cc(-c4cccc(OC)c4)ccc3OC[C@H]2C1. The topological polar surface area (TPSA) is 80.3 Å². The summed E-state index contributed by atoms with van der Waals surface area (Å²) in [5, 5.41) is 2.99. The molecule has 0 radical (unpaired) electrons. The molecule has 0 unspecified atom stereocenters. The molecule has 0 aromatic heterocycles. The van der Waals surface area contributed by atoms with Gasteiger partial charge in [0.05, 0.1) is 25.4 Å². The highest BCUT2D eigenvalue weighted by molar-refractivity contribution is 5.94. The number of anilines is 1. The summed E-state index contributed by atoms with van der Waals surface area (Å²) in [6.07, 6.45) is 0. The first-order valence-electron chi connectivity index (χ1n) is 10.3. The van der Waals surface area contributed by atoms with Crippen LogP contribution in [0.2, 0.25) is 0 Å². The zero-order chi connectivity index (χ0) is 21.8. The summed E-state index contributed by atoms with van der Waals surface area (Å²) >= 11 is 0. The average Bonchev–Trinajstić information content (AvgIpc) is 2.85. The lowest BCUT2D eigenvalue weighted by Crippen LogP contribution is -2.58. The summed E-state index contributed by atoms with van der Waals surface area (Å²) in [6.45, 7) is 2.39. The maximum atomic E-state index is 12.7. The summed E-state index contributed by atoms with van der Waals surface area (Å²) in [5.74, 6) is 1.24. The van der Waals surface area contributed by atoms with E-state index in [1.54, 1.807) is 12.0 Å². The van der Waals surface area contributed by atoms with Crippen molar-refractivity contribution in [2.45, 2.75) is 6.04 Å². The Morgan fingerprint density at radius 3 is 2.81 bits per heavy atom. The van der Waals surface area contributed by atoms with Gasteiger partial charge in [-0.1, -0.05) is 18.2 Å². The number of piperazine rings is 1. The molecule has 0 saturated carbocycles. The van der Waals surface area contributed by atoms with E-state index in [0.29, 0.717) is 37.7 Å². The van der Waals surface area contributed by atoms with Gasteiger partial charge < -0.3 is 24.4 Å². The summed E-state index contributed by atoms with van der Waals surface area (Å²) in [4.78, 5) is 28.8. The van der Waals surface area contributed by atoms with E-state index >= 15 is 0 Å². The van der Waals surface area contributed by atoms with Crippen LogP contribution in [0.4, 0.5) is 5.69 Å². The minimum atomic E-state index is -0.101. The van der Waals surface area contributed by atoms with Gasteiger partial charge in [-0.2, -0.15) is 0 Å². The van der Waals surface area contributed by atoms with Crippen LogP contribution in [0.3, 0.4) is 0 Å². The summed E-state index contributed by atoms with van der Waals surface area (Å²) in [7, 11) is 3.15. The first kappa shape index (κ1) is 21.1. The summed E-state index contributed by atoms with van der Waals surface area (Å²) in [6, 6.07) is 13.5. The second kappa shape index (κ2) is 9.36. The predicted molar refractivity (Wildman–Crippen MR) is 116 cm³/mol. The van der Waals surface area contributed by atoms with Crippen molar-refractivity contribution < 1.29 is 23.8 Å². The van der Waals surface area contributed by atoms with E-state index in [1.165, 1.54) is 7.11 Å². The van der Waals surface area contributed by atoms with Gasteiger partial charge in [0.25, 0.3) is 0 Å². The molecule has 0 aliphatic carbocycles. The minimum absolute atomic E-state index is 0.0465. The van der Waals surface area contributed by atoms with E-state index in [9.17, 15) is 9.59 Å². The molecule has 1 atom stereocenters. The highest BCUT2D eigenvalue weighted by Crippen LogP contribution is 2.33. The third-order valence-corrected chi connectivity index (χ3v) is 5.66. The lowest BCUT2D eigenvalue weighted by atomic mass is 10.0. The highest BCUT2D eigenvalue weighted by atomic mass is 16.5. The lowest BCUT2D eigenvalue weighted by Gasteiger charge is -2.40. The number of rotatable bonds is 4. The number of carbonyl (C=O) groups is 2. The Balaban J connectivity index is 1.55. The maximum Gasteiger partial charge on any atom is 0.248 e. The van der Waals surface area contributed by atoms with Crippen LogP contribution in [0, 0.1) is 0 Å². The molecule has 4 rings (SSSR count). The number of nitrogens with zero attached hydrogens (tertiary/aromatic N) is 2. The van der Waals surface area contributed by atoms with E-state index in [4.69, 9.17) is 14.2 Å². The maximum absolute atomic E-state index is 12.7. The quantitative estimate of drug-likeness (QED) is 0.806. The van der Waals surface area contributed by atoms with Crippen molar-refractivity contribution in [2.75, 3.05) is 58.9 Å². The fourth-order valence-electron chi connectivity index (χ4n) is 4.00. The van der Waals surface area contributed by atoms with Crippen LogP contribution < -0.4 is 14.8 Å². The molecule has 1 N–H and O–H groups in total. The second-order valence-corrected chi connectivity index (χ2v) is 7.70. The lowest BCUT2D eigenvalue weighted by molar-refractivity contribution is -0.138. The van der Waals surface area contributed by atoms with Crippen LogP contribution in [-0.2, 0) is 14.3 Å². The van der Waals surface area contributed by atoms with Crippen LogP contribution in [0.5, 0.6) is 11.5 Å². The Kier molecular flexibility index (Phi) is 6.39. The van der Waals surface area contributed by atoms with Crippen molar-refractivity contribution in [2.24, 2.45) is 0 Å². The van der Waals surface area contributed by atoms with E-state index in [-0.39, 0.29) is 31.0 Å². The molecule has 2 amide bonds. The molecule has 1 fully saturated rings. The second-order valence-electron chi connectivity index (χ2n) is 7.70. The van der Waals surface area contributed by atoms with Crippen molar-refractivity contribution in [1.82, 2.24) is 9.80 Å². The van der Waals surface area contributed by atoms with E-state index in [2.05, 4.69) is 10.2 Å². The van der Waals surface area contributed by atoms with Crippen LogP contribution in [0.15, 0.2) is 42.5 Å². The molecule has 8 heteroatoms. The molecule has 2 heterocycles. The predicted octanol–water partition coefficient (Wildman–Crippen LogP) is 1.85. The molecule has 8 nitrogen and oxygen atoms in total. The first-order valence-corrected chi connectivity index (χ1v) is 10.3. The Morgan fingerprint density at radius 2 is 2.00 bits per heavy atom. The van der Waals surface area contributed by atoms with Crippen molar-refractivity contribution in [3.63, 3.8) is 0 Å². The van der Waals surface area contributed by atoms with Gasteiger partial charge in [-0.3, -0.25) is 14.5 Å². The van der Waals surface area contributed by atoms with Crippen molar-refractivity contribution in [3.05, 3.63) is 42.5 Å². The fraction of sp³-hybridized carbons (Fsp3) is 0.391. The largest absolute Gasteiger partial charge is 0.497 e. The van der Waals surface area contributed by atoms with Crippen LogP contribution in [-0.4, -0.2) is 81.3 Å². The highest BCUT2D eigenvalue weighted by Gasteiger charge is 2.32. The molecule has 2 aliphatic heterocycles. The molecule has 2 aromatic carbocycles. The monoisotopic (exact) mass is 425 g/mol. The third-order valence-electron chi connectivity index (χ3n) is 5.66. The fourth-order valence-corrected chi connectivity index (χ4v) is 4.00. The molecule has 2 aromatic rings. The van der Waals surface area contributed by atoms with Gasteiger partial charge in [-0.05, 0) is 35.4 Å². The van der Waals surface area contributed by atoms with E-state index < -0.39 is 0 Å². The van der Waals surface area contributed by atoms with Gasteiger partial charge >= 0.3 is 0 Å². The Morgan fingerprint density at radius 1 is 1.16 bits per heavy atom. The van der Waals surface area contributed by atoms with Gasteiger partial charge in [0.2, 0.25) is 11.8 Å². The average molecular weight is 425 g/mol. The smallest absolute Gasteiger partial charge is 0.248 e. The van der Waals surface area contributed by atoms with Crippen molar-refractivity contribution in [1.29, 1.82) is 0 Å². The normalized spacial score (nSPS) is 19.1. The van der Waals surface area contributed by atoms with Gasteiger partial charge in [0, 0.05) is 26.7 Å². The van der Waals surface area contributed by atoms with Gasteiger partial charge in [-0.15, -0.1) is 0 Å². The molecule has 0 spiro atoms. The number of benzene rings is 2. The standard InChI is InChI=1S/C23H27N3O5/c1-29-15-23(28)26-9-8-25-13-22(27)24-20-11-17(16-4-3-5-19(10-16)30-2)6-7-21(20)31-14-18(25)12-26/h3-7,10-11,18H,8-9,12-15H2,1-2H3,(H,24,27)/t18-/m1/s1. The first-order chi connectivity index (χ1) is 15.1. The van der Waals surface area contributed by atoms with E-state index in [0.717, 1.165) is 16.9 Å². The number of carbonyl (C=O) groups excluding carboxylic acids is 2.